The van der Waals surface area contributed by atoms with Crippen LogP contribution >= 0.6 is 0 Å². The van der Waals surface area contributed by atoms with Gasteiger partial charge in [0, 0.05) is 31.2 Å². The van der Waals surface area contributed by atoms with E-state index in [9.17, 15) is 0 Å². The predicted octanol–water partition coefficient (Wildman–Crippen LogP) is 5.09. The van der Waals surface area contributed by atoms with Gasteiger partial charge < -0.3 is 14.8 Å². The molecule has 1 saturated carbocycles. The molecule has 2 aliphatic carbocycles. The van der Waals surface area contributed by atoms with Crippen LogP contribution in [0.3, 0.4) is 0 Å². The summed E-state index contributed by atoms with van der Waals surface area (Å²) < 4.78 is 12.8. The average molecular weight is 461 g/mol. The summed E-state index contributed by atoms with van der Waals surface area (Å²) in [6.07, 6.45) is 9.92. The van der Waals surface area contributed by atoms with E-state index < -0.39 is 0 Å². The van der Waals surface area contributed by atoms with Gasteiger partial charge in [-0.25, -0.2) is 0 Å². The zero-order chi connectivity index (χ0) is 23.0. The van der Waals surface area contributed by atoms with Gasteiger partial charge in [0.2, 0.25) is 0 Å². The standard InChI is InChI=1S/C30H40N2O2/c1-33-26-12-11-25-19-28-30(13-5-6-18-34-30)29(27(25)20-26,15-17-32(28)22-24-9-10-24)14-16-31-21-23-7-3-2-4-8-23/h2-4,7-8,11-12,20,24,28,31H,5-6,9-10,13-19,21-22H2,1H3/t28-,29+,30-/m1/s1. The van der Waals surface area contributed by atoms with Crippen LogP contribution in [-0.2, 0) is 23.1 Å². The van der Waals surface area contributed by atoms with Crippen LogP contribution in [-0.4, -0.2) is 49.9 Å². The molecule has 0 unspecified atom stereocenters. The molecule has 2 aromatic rings. The number of rotatable bonds is 8. The molecular formula is C30H40N2O2. The normalized spacial score (nSPS) is 30.8. The van der Waals surface area contributed by atoms with Gasteiger partial charge in [-0.3, -0.25) is 4.90 Å². The number of fused-ring (bicyclic) bond motifs is 2. The number of likely N-dealkylation sites (tertiary alicyclic amines) is 1. The van der Waals surface area contributed by atoms with E-state index in [4.69, 9.17) is 9.47 Å². The summed E-state index contributed by atoms with van der Waals surface area (Å²) in [7, 11) is 1.80. The fourth-order valence-corrected chi connectivity index (χ4v) is 7.40. The van der Waals surface area contributed by atoms with Gasteiger partial charge in [-0.15, -0.1) is 0 Å². The van der Waals surface area contributed by atoms with E-state index in [1.807, 2.05) is 0 Å². The SMILES string of the molecule is COc1ccc2c(c1)[C@]1(CCNCc3ccccc3)CCN(CC3CC3)[C@H](C2)[C@]12CCCCO2. The molecule has 1 spiro atoms. The third kappa shape index (κ3) is 3.88. The second-order valence-electron chi connectivity index (χ2n) is 11.1. The highest BCUT2D eigenvalue weighted by atomic mass is 16.5. The van der Waals surface area contributed by atoms with Crippen LogP contribution in [0.25, 0.3) is 0 Å². The molecule has 0 radical (unpaired) electrons. The molecule has 0 aromatic heterocycles. The van der Waals surface area contributed by atoms with Crippen molar-refractivity contribution in [3.63, 3.8) is 0 Å². The number of ether oxygens (including phenoxy) is 2. The topological polar surface area (TPSA) is 33.7 Å². The van der Waals surface area contributed by atoms with E-state index in [-0.39, 0.29) is 11.0 Å². The highest BCUT2D eigenvalue weighted by molar-refractivity contribution is 5.48. The lowest BCUT2D eigenvalue weighted by Gasteiger charge is -2.65. The van der Waals surface area contributed by atoms with Gasteiger partial charge in [0.1, 0.15) is 5.75 Å². The molecule has 4 nitrogen and oxygen atoms in total. The largest absolute Gasteiger partial charge is 0.497 e. The highest BCUT2D eigenvalue weighted by Gasteiger charge is 2.64. The molecule has 3 atom stereocenters. The number of hydrogen-bond donors (Lipinski definition) is 1. The van der Waals surface area contributed by atoms with Gasteiger partial charge in [0.05, 0.1) is 12.7 Å². The molecule has 182 valence electrons. The molecule has 4 heteroatoms. The summed E-state index contributed by atoms with van der Waals surface area (Å²) in [5, 5.41) is 3.78. The number of piperidine rings is 1. The first kappa shape index (κ1) is 22.6. The van der Waals surface area contributed by atoms with Gasteiger partial charge >= 0.3 is 0 Å². The van der Waals surface area contributed by atoms with Crippen LogP contribution in [0.2, 0.25) is 0 Å². The number of hydrogen-bond acceptors (Lipinski definition) is 4. The van der Waals surface area contributed by atoms with Crippen molar-refractivity contribution in [1.82, 2.24) is 10.2 Å². The summed E-state index contributed by atoms with van der Waals surface area (Å²) >= 11 is 0. The lowest BCUT2D eigenvalue weighted by atomic mass is 9.51. The second-order valence-corrected chi connectivity index (χ2v) is 11.1. The monoisotopic (exact) mass is 460 g/mol. The first-order valence-corrected chi connectivity index (χ1v) is 13.5. The molecule has 0 amide bonds. The maximum Gasteiger partial charge on any atom is 0.119 e. The second kappa shape index (κ2) is 9.29. The van der Waals surface area contributed by atoms with Crippen molar-refractivity contribution in [1.29, 1.82) is 0 Å². The Labute approximate surface area is 205 Å². The minimum absolute atomic E-state index is 0.0456. The zero-order valence-corrected chi connectivity index (χ0v) is 20.7. The average Bonchev–Trinajstić information content (AvgIpc) is 3.70. The van der Waals surface area contributed by atoms with Crippen LogP contribution in [0.5, 0.6) is 5.75 Å². The van der Waals surface area contributed by atoms with E-state index in [1.54, 1.807) is 7.11 Å². The molecule has 6 rings (SSSR count). The number of nitrogens with one attached hydrogen (secondary N) is 1. The lowest BCUT2D eigenvalue weighted by Crippen LogP contribution is -2.73. The van der Waals surface area contributed by atoms with E-state index in [2.05, 4.69) is 58.7 Å². The third-order valence-corrected chi connectivity index (χ3v) is 9.25. The fraction of sp³-hybridized carbons (Fsp3) is 0.600. The molecule has 2 heterocycles. The summed E-state index contributed by atoms with van der Waals surface area (Å²) in [4.78, 5) is 2.84. The molecular weight excluding hydrogens is 420 g/mol. The maximum absolute atomic E-state index is 7.04. The molecule has 2 saturated heterocycles. The number of nitrogens with zero attached hydrogens (tertiary/aromatic N) is 1. The molecule has 2 bridgehead atoms. The molecule has 3 fully saturated rings. The zero-order valence-electron chi connectivity index (χ0n) is 20.7. The third-order valence-electron chi connectivity index (χ3n) is 9.25. The first-order valence-electron chi connectivity index (χ1n) is 13.5. The van der Waals surface area contributed by atoms with Gasteiger partial charge in [-0.2, -0.15) is 0 Å². The number of methoxy groups -OCH3 is 1. The van der Waals surface area contributed by atoms with E-state index in [0.717, 1.165) is 44.2 Å². The van der Waals surface area contributed by atoms with Crippen molar-refractivity contribution in [2.75, 3.05) is 33.4 Å². The summed E-state index contributed by atoms with van der Waals surface area (Å²) in [6, 6.07) is 18.2. The Morgan fingerprint density at radius 3 is 2.74 bits per heavy atom. The van der Waals surface area contributed by atoms with E-state index in [0.29, 0.717) is 6.04 Å². The smallest absolute Gasteiger partial charge is 0.119 e. The summed E-state index contributed by atoms with van der Waals surface area (Å²) in [6.45, 7) is 5.30. The Kier molecular flexibility index (Phi) is 6.17. The minimum Gasteiger partial charge on any atom is -0.497 e. The van der Waals surface area contributed by atoms with Crippen molar-refractivity contribution in [3.8, 4) is 5.75 Å². The van der Waals surface area contributed by atoms with Crippen LogP contribution in [0.1, 0.15) is 61.6 Å². The van der Waals surface area contributed by atoms with Crippen LogP contribution in [0, 0.1) is 5.92 Å². The Hall–Kier alpha value is -1.88. The molecule has 4 aliphatic rings. The van der Waals surface area contributed by atoms with Gasteiger partial charge in [-0.1, -0.05) is 36.4 Å². The number of benzene rings is 2. The first-order chi connectivity index (χ1) is 16.7. The van der Waals surface area contributed by atoms with Gasteiger partial charge in [0.15, 0.2) is 0 Å². The minimum atomic E-state index is -0.0772. The molecule has 2 aliphatic heterocycles. The molecule has 34 heavy (non-hydrogen) atoms. The Morgan fingerprint density at radius 1 is 1.09 bits per heavy atom. The predicted molar refractivity (Wildman–Crippen MR) is 136 cm³/mol. The quantitative estimate of drug-likeness (QED) is 0.556. The molecule has 2 aromatic carbocycles. The summed E-state index contributed by atoms with van der Waals surface area (Å²) in [5.74, 6) is 1.90. The lowest BCUT2D eigenvalue weighted by molar-refractivity contribution is -0.204. The van der Waals surface area contributed by atoms with Gasteiger partial charge in [0.25, 0.3) is 0 Å². The van der Waals surface area contributed by atoms with Crippen molar-refractivity contribution in [3.05, 3.63) is 65.2 Å². The van der Waals surface area contributed by atoms with Crippen molar-refractivity contribution < 1.29 is 9.47 Å². The van der Waals surface area contributed by atoms with Crippen molar-refractivity contribution in [2.45, 2.75) is 75.0 Å². The van der Waals surface area contributed by atoms with Gasteiger partial charge in [-0.05, 0) is 99.2 Å². The maximum atomic E-state index is 7.04. The van der Waals surface area contributed by atoms with Crippen LogP contribution < -0.4 is 10.1 Å². The molecule has 1 N–H and O–H groups in total. The highest BCUT2D eigenvalue weighted by Crippen LogP contribution is 2.58. The van der Waals surface area contributed by atoms with Crippen molar-refractivity contribution in [2.24, 2.45) is 5.92 Å². The van der Waals surface area contributed by atoms with Crippen LogP contribution in [0.4, 0.5) is 0 Å². The Balaban J connectivity index is 1.35. The fourth-order valence-electron chi connectivity index (χ4n) is 7.40. The van der Waals surface area contributed by atoms with E-state index >= 15 is 0 Å². The Morgan fingerprint density at radius 2 is 1.97 bits per heavy atom. The van der Waals surface area contributed by atoms with Crippen molar-refractivity contribution >= 4 is 0 Å². The summed E-state index contributed by atoms with van der Waals surface area (Å²) in [5.41, 5.74) is 4.36. The van der Waals surface area contributed by atoms with E-state index in [1.165, 1.54) is 68.3 Å². The Bertz CT molecular complexity index is 983. The van der Waals surface area contributed by atoms with Crippen LogP contribution in [0.15, 0.2) is 48.5 Å².